The zero-order chi connectivity index (χ0) is 16.1. The summed E-state index contributed by atoms with van der Waals surface area (Å²) in [5.74, 6) is -0.428. The number of benzene rings is 1. The summed E-state index contributed by atoms with van der Waals surface area (Å²) in [4.78, 5) is 24.2. The molecule has 2 aromatic rings. The Balaban J connectivity index is 2.46. The molecule has 1 aromatic heterocycles. The molecule has 3 rings (SSSR count). The molecule has 0 fully saturated rings. The summed E-state index contributed by atoms with van der Waals surface area (Å²) >= 11 is 0. The zero-order valence-corrected chi connectivity index (χ0v) is 12.0. The second-order valence-electron chi connectivity index (χ2n) is 5.27. The van der Waals surface area contributed by atoms with E-state index < -0.39 is 16.9 Å². The average Bonchev–Trinajstić information content (AvgIpc) is 2.51. The van der Waals surface area contributed by atoms with Crippen LogP contribution >= 0.6 is 0 Å². The molecule has 1 aliphatic carbocycles. The first-order chi connectivity index (χ1) is 10.4. The van der Waals surface area contributed by atoms with Crippen molar-refractivity contribution in [1.82, 2.24) is 0 Å². The van der Waals surface area contributed by atoms with Crippen LogP contribution in [0, 0.1) is 5.92 Å². The van der Waals surface area contributed by atoms with E-state index in [0.717, 1.165) is 0 Å². The molecule has 0 aliphatic heterocycles. The summed E-state index contributed by atoms with van der Waals surface area (Å²) < 4.78 is 10.8. The highest BCUT2D eigenvalue weighted by molar-refractivity contribution is 5.83. The predicted octanol–water partition coefficient (Wildman–Crippen LogP) is 1.52. The third-order valence-electron chi connectivity index (χ3n) is 4.08. The summed E-state index contributed by atoms with van der Waals surface area (Å²) in [6.07, 6.45) is 1.81. The Morgan fingerprint density at radius 1 is 1.41 bits per heavy atom. The molecular weight excluding hydrogens is 288 g/mol. The molecule has 2 atom stereocenters. The molecule has 2 unspecified atom stereocenters. The van der Waals surface area contributed by atoms with Crippen molar-refractivity contribution in [2.45, 2.75) is 12.5 Å². The van der Waals surface area contributed by atoms with Crippen molar-refractivity contribution in [2.75, 3.05) is 7.11 Å². The van der Waals surface area contributed by atoms with Gasteiger partial charge in [0, 0.05) is 6.08 Å². The highest BCUT2D eigenvalue weighted by Crippen LogP contribution is 2.40. The summed E-state index contributed by atoms with van der Waals surface area (Å²) in [6.45, 7) is 1.58. The smallest absolute Gasteiger partial charge is 0.200 e. The first kappa shape index (κ1) is 14.3. The Bertz CT molecular complexity index is 863. The maximum Gasteiger partial charge on any atom is 0.200 e. The highest BCUT2D eigenvalue weighted by Gasteiger charge is 2.46. The van der Waals surface area contributed by atoms with E-state index in [4.69, 9.17) is 9.15 Å². The highest BCUT2D eigenvalue weighted by atomic mass is 16.5. The Kier molecular flexibility index (Phi) is 3.07. The molecule has 6 nitrogen and oxygen atoms in total. The lowest BCUT2D eigenvalue weighted by atomic mass is 9.77. The summed E-state index contributed by atoms with van der Waals surface area (Å²) in [5, 5.41) is 20.3. The number of carbonyl (C=O) groups excluding carboxylic acids is 1. The van der Waals surface area contributed by atoms with Gasteiger partial charge in [-0.15, -0.1) is 0 Å². The molecule has 2 N–H and O–H groups in total. The van der Waals surface area contributed by atoms with Crippen molar-refractivity contribution in [2.24, 2.45) is 5.92 Å². The van der Waals surface area contributed by atoms with Crippen LogP contribution in [0.3, 0.4) is 0 Å². The van der Waals surface area contributed by atoms with Crippen LogP contribution in [0.2, 0.25) is 0 Å². The van der Waals surface area contributed by atoms with Gasteiger partial charge in [0.2, 0.25) is 0 Å². The Hall–Kier alpha value is -2.60. The fourth-order valence-corrected chi connectivity index (χ4v) is 2.77. The Morgan fingerprint density at radius 3 is 2.77 bits per heavy atom. The van der Waals surface area contributed by atoms with Gasteiger partial charge in [-0.2, -0.15) is 0 Å². The molecule has 0 radical (unpaired) electrons. The van der Waals surface area contributed by atoms with Gasteiger partial charge in [-0.3, -0.25) is 9.59 Å². The van der Waals surface area contributed by atoms with Gasteiger partial charge in [0.15, 0.2) is 17.3 Å². The second-order valence-corrected chi connectivity index (χ2v) is 5.27. The van der Waals surface area contributed by atoms with E-state index in [1.807, 2.05) is 0 Å². The van der Waals surface area contributed by atoms with E-state index >= 15 is 0 Å². The number of fused-ring (bicyclic) bond motifs is 2. The van der Waals surface area contributed by atoms with Gasteiger partial charge in [0.05, 0.1) is 24.0 Å². The SMILES string of the molecule is COC1=Cc2oc3ccc(O)cc3c(=O)c2C(O)(C=O)C1C. The number of aldehydes is 1. The molecule has 6 heteroatoms. The number of ether oxygens (including phenoxy) is 1. The molecule has 22 heavy (non-hydrogen) atoms. The van der Waals surface area contributed by atoms with Crippen LogP contribution in [0.4, 0.5) is 0 Å². The number of hydrogen-bond acceptors (Lipinski definition) is 6. The second kappa shape index (κ2) is 4.71. The minimum atomic E-state index is -2.05. The van der Waals surface area contributed by atoms with Crippen molar-refractivity contribution in [3.8, 4) is 5.75 Å². The van der Waals surface area contributed by atoms with E-state index in [2.05, 4.69) is 0 Å². The van der Waals surface area contributed by atoms with E-state index in [1.54, 1.807) is 6.92 Å². The number of phenols is 1. The summed E-state index contributed by atoms with van der Waals surface area (Å²) in [6, 6.07) is 4.08. The quantitative estimate of drug-likeness (QED) is 0.816. The molecule has 1 aliphatic rings. The monoisotopic (exact) mass is 302 g/mol. The fourth-order valence-electron chi connectivity index (χ4n) is 2.77. The molecule has 1 heterocycles. The number of carbonyl (C=O) groups is 1. The van der Waals surface area contributed by atoms with Crippen molar-refractivity contribution >= 4 is 23.3 Å². The van der Waals surface area contributed by atoms with Crippen LogP contribution in [0.15, 0.2) is 33.2 Å². The average molecular weight is 302 g/mol. The van der Waals surface area contributed by atoms with E-state index in [9.17, 15) is 19.8 Å². The van der Waals surface area contributed by atoms with Crippen LogP contribution in [0.1, 0.15) is 18.2 Å². The largest absolute Gasteiger partial charge is 0.508 e. The fraction of sp³-hybridized carbons (Fsp3) is 0.250. The topological polar surface area (TPSA) is 97.0 Å². The van der Waals surface area contributed by atoms with Crippen molar-refractivity contribution < 1.29 is 24.2 Å². The van der Waals surface area contributed by atoms with Gasteiger partial charge in [-0.1, -0.05) is 6.92 Å². The number of aromatic hydroxyl groups is 1. The number of phenolic OH excluding ortho intramolecular Hbond substituents is 1. The molecule has 0 saturated heterocycles. The van der Waals surface area contributed by atoms with Crippen molar-refractivity contribution in [3.63, 3.8) is 0 Å². The van der Waals surface area contributed by atoms with Crippen LogP contribution < -0.4 is 5.43 Å². The van der Waals surface area contributed by atoms with E-state index in [0.29, 0.717) is 12.0 Å². The van der Waals surface area contributed by atoms with Gasteiger partial charge in [0.25, 0.3) is 0 Å². The zero-order valence-electron chi connectivity index (χ0n) is 12.0. The van der Waals surface area contributed by atoms with Crippen LogP contribution in [0.5, 0.6) is 5.75 Å². The lowest BCUT2D eigenvalue weighted by Gasteiger charge is -2.33. The maximum absolute atomic E-state index is 12.7. The number of methoxy groups -OCH3 is 1. The molecule has 0 bridgehead atoms. The molecule has 0 saturated carbocycles. The first-order valence-corrected chi connectivity index (χ1v) is 6.67. The van der Waals surface area contributed by atoms with Gasteiger partial charge in [-0.05, 0) is 18.2 Å². The van der Waals surface area contributed by atoms with Gasteiger partial charge in [-0.25, -0.2) is 0 Å². The standard InChI is InChI=1S/C16H14O6/c1-8-12(21-2)6-13-14(16(8,20)7-17)15(19)10-5-9(18)3-4-11(10)22-13/h3-8,18,20H,1-2H3. The minimum absolute atomic E-state index is 0.0766. The lowest BCUT2D eigenvalue weighted by molar-refractivity contribution is -0.130. The molecular formula is C16H14O6. The van der Waals surface area contributed by atoms with Crippen LogP contribution in [-0.2, 0) is 15.1 Å². The third kappa shape index (κ3) is 1.77. The Morgan fingerprint density at radius 2 is 2.14 bits per heavy atom. The predicted molar refractivity (Wildman–Crippen MR) is 78.3 cm³/mol. The van der Waals surface area contributed by atoms with E-state index in [1.165, 1.54) is 31.4 Å². The minimum Gasteiger partial charge on any atom is -0.508 e. The van der Waals surface area contributed by atoms with Crippen molar-refractivity contribution in [3.05, 3.63) is 45.5 Å². The number of aliphatic hydroxyl groups is 1. The van der Waals surface area contributed by atoms with Crippen molar-refractivity contribution in [1.29, 1.82) is 0 Å². The molecule has 0 spiro atoms. The normalized spacial score (nSPS) is 23.8. The van der Waals surface area contributed by atoms with Gasteiger partial charge in [0.1, 0.15) is 22.9 Å². The number of hydrogen-bond donors (Lipinski definition) is 2. The van der Waals surface area contributed by atoms with Gasteiger partial charge >= 0.3 is 0 Å². The Labute approximate surface area is 125 Å². The molecule has 1 aromatic carbocycles. The molecule has 0 amide bonds. The van der Waals surface area contributed by atoms with Crippen LogP contribution in [-0.4, -0.2) is 23.6 Å². The summed E-state index contributed by atoms with van der Waals surface area (Å²) in [7, 11) is 1.41. The number of rotatable bonds is 2. The van der Waals surface area contributed by atoms with E-state index in [-0.39, 0.29) is 28.0 Å². The van der Waals surface area contributed by atoms with Crippen LogP contribution in [0.25, 0.3) is 17.0 Å². The molecule has 114 valence electrons. The van der Waals surface area contributed by atoms with Gasteiger partial charge < -0.3 is 19.4 Å². The lowest BCUT2D eigenvalue weighted by Crippen LogP contribution is -2.43. The maximum atomic E-state index is 12.7. The third-order valence-corrected chi connectivity index (χ3v) is 4.08. The summed E-state index contributed by atoms with van der Waals surface area (Å²) in [5.41, 5.74) is -2.50. The first-order valence-electron chi connectivity index (χ1n) is 6.67.